The first kappa shape index (κ1) is 24.0. The van der Waals surface area contributed by atoms with Crippen molar-refractivity contribution in [1.82, 2.24) is 19.5 Å². The van der Waals surface area contributed by atoms with Gasteiger partial charge >= 0.3 is 12.5 Å². The van der Waals surface area contributed by atoms with Crippen LogP contribution in [0, 0.1) is 11.6 Å². The number of hydrazine groups is 1. The molecule has 13 heteroatoms. The number of rotatable bonds is 7. The Hall–Kier alpha value is -3.16. The van der Waals surface area contributed by atoms with Crippen LogP contribution < -0.4 is 10.7 Å². The quantitative estimate of drug-likeness (QED) is 0.227. The van der Waals surface area contributed by atoms with Gasteiger partial charge in [-0.2, -0.15) is 13.2 Å². The number of aromatic nitrogens is 2. The van der Waals surface area contributed by atoms with Crippen LogP contribution in [0.1, 0.15) is 17.9 Å². The predicted octanol–water partition coefficient (Wildman–Crippen LogP) is 4.22. The molecule has 1 aliphatic rings. The minimum atomic E-state index is -2.94. The molecular formula is C21H20F4N6O2S. The number of carbonyl (C=O) groups is 1. The van der Waals surface area contributed by atoms with Crippen LogP contribution in [0.4, 0.5) is 28.0 Å². The number of nitrogens with two attached hydrogens (primary N) is 1. The van der Waals surface area contributed by atoms with E-state index >= 15 is 0 Å². The van der Waals surface area contributed by atoms with Crippen LogP contribution in [0.25, 0.3) is 11.5 Å². The number of benzene rings is 2. The fourth-order valence-corrected chi connectivity index (χ4v) is 3.86. The molecule has 2 aromatic carbocycles. The highest BCUT2D eigenvalue weighted by Crippen LogP contribution is 2.28. The molecular weight excluding hydrogens is 476 g/mol. The van der Waals surface area contributed by atoms with Crippen LogP contribution in [0.2, 0.25) is 0 Å². The number of carbonyl (C=O) groups excluding carboxylic acids is 1. The lowest BCUT2D eigenvalue weighted by molar-refractivity contribution is 0.111. The van der Waals surface area contributed by atoms with E-state index in [9.17, 15) is 22.4 Å². The Labute approximate surface area is 196 Å². The average Bonchev–Trinajstić information content (AvgIpc) is 3.27. The van der Waals surface area contributed by atoms with E-state index in [0.29, 0.717) is 13.1 Å². The zero-order valence-corrected chi connectivity index (χ0v) is 18.7. The number of urea groups is 1. The van der Waals surface area contributed by atoms with E-state index in [-0.39, 0.29) is 35.3 Å². The van der Waals surface area contributed by atoms with E-state index in [1.54, 1.807) is 10.5 Å². The van der Waals surface area contributed by atoms with E-state index in [1.807, 2.05) is 6.26 Å². The molecule has 180 valence electrons. The van der Waals surface area contributed by atoms with Gasteiger partial charge in [0.15, 0.2) is 0 Å². The zero-order chi connectivity index (χ0) is 24.4. The number of amides is 2. The van der Waals surface area contributed by atoms with Crippen molar-refractivity contribution in [2.75, 3.05) is 24.2 Å². The van der Waals surface area contributed by atoms with Gasteiger partial charge in [-0.1, -0.05) is 24.1 Å². The molecule has 1 aromatic heterocycles. The smallest absolute Gasteiger partial charge is 0.324 e. The Bertz CT molecular complexity index is 1170. The van der Waals surface area contributed by atoms with E-state index in [1.165, 1.54) is 52.1 Å². The molecule has 8 nitrogen and oxygen atoms in total. The third kappa shape index (κ3) is 5.00. The summed E-state index contributed by atoms with van der Waals surface area (Å²) in [6.45, 7) is 0.538. The summed E-state index contributed by atoms with van der Waals surface area (Å²) in [6.07, 6.45) is -1.13. The molecule has 2 N–H and O–H groups in total. The lowest BCUT2D eigenvalue weighted by Gasteiger charge is -2.44. The van der Waals surface area contributed by atoms with Gasteiger partial charge in [0.1, 0.15) is 11.6 Å². The largest absolute Gasteiger partial charge is 0.415 e. The molecule has 1 saturated heterocycles. The molecule has 0 saturated carbocycles. The Morgan fingerprint density at radius 2 is 2.00 bits per heavy atom. The van der Waals surface area contributed by atoms with Crippen molar-refractivity contribution < 1.29 is 26.8 Å². The van der Waals surface area contributed by atoms with E-state index in [2.05, 4.69) is 10.2 Å². The first-order valence-electron chi connectivity index (χ1n) is 10.1. The molecule has 0 spiro atoms. The maximum atomic E-state index is 14.9. The Morgan fingerprint density at radius 3 is 2.62 bits per heavy atom. The number of anilines is 1. The molecule has 0 bridgehead atoms. The predicted molar refractivity (Wildman–Crippen MR) is 118 cm³/mol. The maximum Gasteiger partial charge on any atom is 0.324 e. The molecule has 2 amide bonds. The van der Waals surface area contributed by atoms with Crippen LogP contribution >= 0.6 is 11.9 Å². The molecule has 0 radical (unpaired) electrons. The second kappa shape index (κ2) is 9.99. The highest BCUT2D eigenvalue weighted by molar-refractivity contribution is 7.96. The van der Waals surface area contributed by atoms with Gasteiger partial charge < -0.3 is 9.32 Å². The van der Waals surface area contributed by atoms with Gasteiger partial charge in [-0.3, -0.25) is 10.7 Å². The second-order valence-corrected chi connectivity index (χ2v) is 8.29. The third-order valence-electron chi connectivity index (χ3n) is 5.31. The molecule has 34 heavy (non-hydrogen) atoms. The number of likely N-dealkylation sites (tertiary alicyclic amines) is 1. The first-order chi connectivity index (χ1) is 16.3. The maximum absolute atomic E-state index is 14.9. The Kier molecular flexibility index (Phi) is 7.05. The molecule has 3 aromatic rings. The summed E-state index contributed by atoms with van der Waals surface area (Å²) in [7, 11) is 0. The number of hydrogen-bond acceptors (Lipinski definition) is 7. The Morgan fingerprint density at radius 1 is 1.24 bits per heavy atom. The van der Waals surface area contributed by atoms with Crippen LogP contribution in [-0.4, -0.2) is 50.9 Å². The van der Waals surface area contributed by atoms with Crippen LogP contribution in [0.5, 0.6) is 0 Å². The number of hydrogen-bond donors (Lipinski definition) is 1. The lowest BCUT2D eigenvalue weighted by atomic mass is 10.1. The summed E-state index contributed by atoms with van der Waals surface area (Å²) < 4.78 is 60.6. The van der Waals surface area contributed by atoms with Crippen molar-refractivity contribution in [2.24, 2.45) is 5.84 Å². The first-order valence-corrected chi connectivity index (χ1v) is 11.3. The normalized spacial score (nSPS) is 14.1. The molecule has 0 atom stereocenters. The van der Waals surface area contributed by atoms with Crippen molar-refractivity contribution in [1.29, 1.82) is 0 Å². The summed E-state index contributed by atoms with van der Waals surface area (Å²) in [5.41, 5.74) is 0.483. The topological polar surface area (TPSA) is 91.7 Å². The van der Waals surface area contributed by atoms with Crippen molar-refractivity contribution in [3.63, 3.8) is 0 Å². The van der Waals surface area contributed by atoms with Gasteiger partial charge in [-0.05, 0) is 36.6 Å². The summed E-state index contributed by atoms with van der Waals surface area (Å²) in [6, 6.07) is 8.81. The summed E-state index contributed by atoms with van der Waals surface area (Å²) in [5.74, 6) is 3.46. The van der Waals surface area contributed by atoms with Gasteiger partial charge in [-0.25, -0.2) is 13.6 Å². The molecule has 4 rings (SSSR count). The van der Waals surface area contributed by atoms with Gasteiger partial charge in [0.05, 0.1) is 12.6 Å². The van der Waals surface area contributed by atoms with Crippen LogP contribution in [0.3, 0.4) is 0 Å². The molecule has 0 unspecified atom stereocenters. The number of halogens is 4. The van der Waals surface area contributed by atoms with E-state index in [4.69, 9.17) is 10.3 Å². The molecule has 1 aliphatic heterocycles. The van der Waals surface area contributed by atoms with Gasteiger partial charge in [0.2, 0.25) is 5.89 Å². The average molecular weight is 496 g/mol. The van der Waals surface area contributed by atoms with Crippen molar-refractivity contribution in [2.45, 2.75) is 19.0 Å². The summed E-state index contributed by atoms with van der Waals surface area (Å²) >= 11 is 1.34. The molecule has 2 heterocycles. The highest BCUT2D eigenvalue weighted by atomic mass is 32.2. The number of nitrogens with zero attached hydrogens (tertiary/aromatic N) is 5. The molecule has 0 aliphatic carbocycles. The molecule has 1 fully saturated rings. The van der Waals surface area contributed by atoms with Gasteiger partial charge in [0, 0.05) is 29.9 Å². The highest BCUT2D eigenvalue weighted by Gasteiger charge is 2.36. The summed E-state index contributed by atoms with van der Waals surface area (Å²) in [5, 5.41) is 6.73. The SMILES string of the molecule is CSN(N)C1CN(C(=O)N(Cc2ccc(-c3nnc(C(F)F)o3)cc2F)c2cccc(F)c2)C1. The fourth-order valence-electron chi connectivity index (χ4n) is 3.42. The standard InChI is InChI=1S/C21H20F4N6O2S/c1-34-31(26)16-10-29(11-16)21(32)30(15-4-2-3-14(22)8-15)9-13-6-5-12(7-17(13)23)19-27-28-20(33-19)18(24)25/h2-8,16,18H,9-11,26H2,1H3. The third-order valence-corrected chi connectivity index (χ3v) is 6.03. The monoisotopic (exact) mass is 496 g/mol. The van der Waals surface area contributed by atoms with E-state index in [0.717, 1.165) is 6.07 Å². The van der Waals surface area contributed by atoms with Crippen molar-refractivity contribution in [3.05, 3.63) is 65.6 Å². The van der Waals surface area contributed by atoms with Gasteiger partial charge in [-0.15, -0.1) is 10.2 Å². The van der Waals surface area contributed by atoms with Crippen molar-refractivity contribution in [3.8, 4) is 11.5 Å². The van der Waals surface area contributed by atoms with Crippen molar-refractivity contribution >= 4 is 23.7 Å². The van der Waals surface area contributed by atoms with Crippen LogP contribution in [-0.2, 0) is 6.54 Å². The van der Waals surface area contributed by atoms with E-state index < -0.39 is 30.0 Å². The van der Waals surface area contributed by atoms with Gasteiger partial charge in [0.25, 0.3) is 5.89 Å². The Balaban J connectivity index is 1.57. The summed E-state index contributed by atoms with van der Waals surface area (Å²) in [4.78, 5) is 16.0. The zero-order valence-electron chi connectivity index (χ0n) is 17.9. The minimum Gasteiger partial charge on any atom is -0.415 e. The second-order valence-electron chi connectivity index (χ2n) is 7.50. The van der Waals surface area contributed by atoms with Crippen LogP contribution in [0.15, 0.2) is 46.9 Å². The minimum absolute atomic E-state index is 0.0307. The fraction of sp³-hybridized carbons (Fsp3) is 0.286. The lowest BCUT2D eigenvalue weighted by Crippen LogP contribution is -2.63. The number of alkyl halides is 2.